The van der Waals surface area contributed by atoms with Crippen LogP contribution < -0.4 is 0 Å². The van der Waals surface area contributed by atoms with Gasteiger partial charge in [0, 0.05) is 5.38 Å². The number of rotatable bonds is 3. The molecule has 1 saturated heterocycles. The van der Waals surface area contributed by atoms with E-state index in [1.165, 1.54) is 6.42 Å². The van der Waals surface area contributed by atoms with Gasteiger partial charge in [0.05, 0.1) is 11.2 Å². The van der Waals surface area contributed by atoms with Gasteiger partial charge in [-0.1, -0.05) is 20.8 Å². The molecule has 17 heavy (non-hydrogen) atoms. The van der Waals surface area contributed by atoms with Gasteiger partial charge in [0.2, 0.25) is 0 Å². The molecule has 2 atom stereocenters. The van der Waals surface area contributed by atoms with Gasteiger partial charge >= 0.3 is 0 Å². The molecule has 1 heterocycles. The highest BCUT2D eigenvalue weighted by atomic mass is 35.5. The molecule has 1 fully saturated rings. The summed E-state index contributed by atoms with van der Waals surface area (Å²) in [7, 11) is 0. The first-order valence-corrected chi connectivity index (χ1v) is 7.22. The molecular formula is C15H29ClO. The predicted octanol–water partition coefficient (Wildman–Crippen LogP) is 5.01. The van der Waals surface area contributed by atoms with Crippen LogP contribution >= 0.6 is 11.6 Å². The number of alkyl halides is 1. The molecule has 2 unspecified atom stereocenters. The molecule has 0 aromatic carbocycles. The zero-order valence-corrected chi connectivity index (χ0v) is 13.3. The standard InChI is InChI=1S/C15H29ClO/c1-13(2,3)12(16)9-8-11-10-14(4,5)17-15(11,6)7/h11-12H,8-10H2,1-7H3. The topological polar surface area (TPSA) is 9.23 Å². The largest absolute Gasteiger partial charge is 0.369 e. The number of hydrogen-bond acceptors (Lipinski definition) is 1. The van der Waals surface area contributed by atoms with Crippen LogP contribution in [0.5, 0.6) is 0 Å². The van der Waals surface area contributed by atoms with Crippen molar-refractivity contribution < 1.29 is 4.74 Å². The summed E-state index contributed by atoms with van der Waals surface area (Å²) in [5, 5.41) is 0.252. The average molecular weight is 261 g/mol. The Hall–Kier alpha value is 0.250. The predicted molar refractivity (Wildman–Crippen MR) is 75.7 cm³/mol. The van der Waals surface area contributed by atoms with E-state index in [9.17, 15) is 0 Å². The lowest BCUT2D eigenvalue weighted by Crippen LogP contribution is -2.30. The molecule has 0 radical (unpaired) electrons. The van der Waals surface area contributed by atoms with Crippen LogP contribution in [0, 0.1) is 11.3 Å². The first-order chi connectivity index (χ1) is 7.44. The van der Waals surface area contributed by atoms with Crippen molar-refractivity contribution in [1.82, 2.24) is 0 Å². The molecule has 1 nitrogen and oxygen atoms in total. The molecule has 0 bridgehead atoms. The first kappa shape index (κ1) is 15.3. The van der Waals surface area contributed by atoms with Gasteiger partial charge in [-0.25, -0.2) is 0 Å². The monoisotopic (exact) mass is 260 g/mol. The van der Waals surface area contributed by atoms with Gasteiger partial charge in [-0.15, -0.1) is 11.6 Å². The Labute approximate surface area is 112 Å². The van der Waals surface area contributed by atoms with Crippen molar-refractivity contribution >= 4 is 11.6 Å². The SMILES string of the molecule is CC1(C)CC(CCC(Cl)C(C)(C)C)C(C)(C)O1. The molecule has 1 aliphatic heterocycles. The third kappa shape index (κ3) is 4.13. The summed E-state index contributed by atoms with van der Waals surface area (Å²) in [4.78, 5) is 0. The van der Waals surface area contributed by atoms with E-state index in [2.05, 4.69) is 48.5 Å². The summed E-state index contributed by atoms with van der Waals surface area (Å²) in [6.45, 7) is 15.5. The zero-order chi connectivity index (χ0) is 13.5. The molecule has 102 valence electrons. The van der Waals surface area contributed by atoms with Crippen LogP contribution in [0.4, 0.5) is 0 Å². The highest BCUT2D eigenvalue weighted by Crippen LogP contribution is 2.45. The highest BCUT2D eigenvalue weighted by Gasteiger charge is 2.45. The smallest absolute Gasteiger partial charge is 0.0662 e. The second kappa shape index (κ2) is 4.74. The third-order valence-corrected chi connectivity index (χ3v) is 4.84. The van der Waals surface area contributed by atoms with E-state index in [4.69, 9.17) is 16.3 Å². The molecular weight excluding hydrogens is 232 g/mol. The van der Waals surface area contributed by atoms with E-state index >= 15 is 0 Å². The van der Waals surface area contributed by atoms with Crippen molar-refractivity contribution in [3.63, 3.8) is 0 Å². The summed E-state index contributed by atoms with van der Waals surface area (Å²) in [5.41, 5.74) is 0.219. The van der Waals surface area contributed by atoms with E-state index in [1.807, 2.05) is 0 Å². The number of ether oxygens (including phenoxy) is 1. The minimum absolute atomic E-state index is 0.00199. The van der Waals surface area contributed by atoms with Gasteiger partial charge in [-0.2, -0.15) is 0 Å². The van der Waals surface area contributed by atoms with Gasteiger partial charge < -0.3 is 4.74 Å². The maximum atomic E-state index is 6.46. The van der Waals surface area contributed by atoms with Crippen molar-refractivity contribution in [2.75, 3.05) is 0 Å². The molecule has 0 aliphatic carbocycles. The maximum Gasteiger partial charge on any atom is 0.0662 e. The van der Waals surface area contributed by atoms with E-state index in [1.54, 1.807) is 0 Å². The van der Waals surface area contributed by atoms with Crippen LogP contribution in [-0.4, -0.2) is 16.6 Å². The zero-order valence-electron chi connectivity index (χ0n) is 12.6. The van der Waals surface area contributed by atoms with E-state index < -0.39 is 0 Å². The molecule has 1 rings (SSSR count). The van der Waals surface area contributed by atoms with Crippen molar-refractivity contribution in [3.05, 3.63) is 0 Å². The lowest BCUT2D eigenvalue weighted by atomic mass is 9.81. The Balaban J connectivity index is 2.53. The Kier molecular flexibility index (Phi) is 4.26. The minimum Gasteiger partial charge on any atom is -0.369 e. The van der Waals surface area contributed by atoms with Crippen molar-refractivity contribution in [3.8, 4) is 0 Å². The van der Waals surface area contributed by atoms with Crippen molar-refractivity contribution in [2.45, 2.75) is 84.3 Å². The molecule has 2 heteroatoms. The Morgan fingerprint density at radius 2 is 1.76 bits per heavy atom. The summed E-state index contributed by atoms with van der Waals surface area (Å²) in [6, 6.07) is 0. The van der Waals surface area contributed by atoms with E-state index in [-0.39, 0.29) is 22.0 Å². The molecule has 0 N–H and O–H groups in total. The molecule has 0 aromatic rings. The summed E-state index contributed by atoms with van der Waals surface area (Å²) in [6.07, 6.45) is 3.40. The summed E-state index contributed by atoms with van der Waals surface area (Å²) in [5.74, 6) is 0.626. The Morgan fingerprint density at radius 1 is 1.24 bits per heavy atom. The molecule has 1 aliphatic rings. The number of halogens is 1. The Bertz CT molecular complexity index is 263. The fourth-order valence-corrected chi connectivity index (χ4v) is 3.03. The van der Waals surface area contributed by atoms with Gasteiger partial charge in [-0.05, 0) is 58.3 Å². The second-order valence-corrected chi connectivity index (χ2v) is 8.30. The quantitative estimate of drug-likeness (QED) is 0.648. The number of hydrogen-bond donors (Lipinski definition) is 0. The molecule has 0 saturated carbocycles. The third-order valence-electron chi connectivity index (χ3n) is 3.97. The normalized spacial score (nSPS) is 29.3. The highest BCUT2D eigenvalue weighted by molar-refractivity contribution is 6.21. The van der Waals surface area contributed by atoms with Gasteiger partial charge in [0.15, 0.2) is 0 Å². The molecule has 0 spiro atoms. The summed E-state index contributed by atoms with van der Waals surface area (Å²) >= 11 is 6.46. The van der Waals surface area contributed by atoms with Crippen LogP contribution in [0.15, 0.2) is 0 Å². The second-order valence-electron chi connectivity index (χ2n) is 7.78. The van der Waals surface area contributed by atoms with Crippen LogP contribution in [0.2, 0.25) is 0 Å². The first-order valence-electron chi connectivity index (χ1n) is 6.78. The average Bonchev–Trinajstić information content (AvgIpc) is 2.28. The van der Waals surface area contributed by atoms with Crippen molar-refractivity contribution in [2.24, 2.45) is 11.3 Å². The molecule has 0 aromatic heterocycles. The van der Waals surface area contributed by atoms with Crippen LogP contribution in [0.1, 0.15) is 67.7 Å². The van der Waals surface area contributed by atoms with Crippen LogP contribution in [-0.2, 0) is 4.74 Å². The van der Waals surface area contributed by atoms with E-state index in [0.29, 0.717) is 5.92 Å². The summed E-state index contributed by atoms with van der Waals surface area (Å²) < 4.78 is 6.12. The van der Waals surface area contributed by atoms with E-state index in [0.717, 1.165) is 12.8 Å². The minimum atomic E-state index is -0.00199. The van der Waals surface area contributed by atoms with Gasteiger partial charge in [0.25, 0.3) is 0 Å². The lowest BCUT2D eigenvalue weighted by molar-refractivity contribution is -0.0754. The van der Waals surface area contributed by atoms with Gasteiger partial charge in [-0.3, -0.25) is 0 Å². The van der Waals surface area contributed by atoms with Gasteiger partial charge in [0.1, 0.15) is 0 Å². The molecule has 0 amide bonds. The fraction of sp³-hybridized carbons (Fsp3) is 1.00. The lowest BCUT2D eigenvalue weighted by Gasteiger charge is -2.30. The van der Waals surface area contributed by atoms with Crippen molar-refractivity contribution in [1.29, 1.82) is 0 Å². The Morgan fingerprint density at radius 3 is 2.12 bits per heavy atom. The van der Waals surface area contributed by atoms with Crippen LogP contribution in [0.3, 0.4) is 0 Å². The van der Waals surface area contributed by atoms with Crippen LogP contribution in [0.25, 0.3) is 0 Å². The fourth-order valence-electron chi connectivity index (χ4n) is 2.91. The maximum absolute atomic E-state index is 6.46.